The Morgan fingerprint density at radius 3 is 1.96 bits per heavy atom. The van der Waals surface area contributed by atoms with Crippen LogP contribution in [0, 0.1) is 11.3 Å². The monoisotopic (exact) mass is 418 g/mol. The summed E-state index contributed by atoms with van der Waals surface area (Å²) >= 11 is 1.13. The number of benzene rings is 2. The van der Waals surface area contributed by atoms with Crippen molar-refractivity contribution in [3.05, 3.63) is 64.7 Å². The lowest BCUT2D eigenvalue weighted by molar-refractivity contribution is -0.143. The second-order valence-electron chi connectivity index (χ2n) is 5.64. The largest absolute Gasteiger partial charge is 0.416 e. The molecule has 0 spiro atoms. The van der Waals surface area contributed by atoms with Crippen LogP contribution >= 0.6 is 11.8 Å². The molecule has 10 heteroatoms. The number of thioether (sulfide) groups is 1. The molecule has 2 aromatic carbocycles. The quantitative estimate of drug-likeness (QED) is 0.656. The molecule has 0 atom stereocenters. The molecular formula is C18H12F6N2OS. The topological polar surface area (TPSA) is 52.9 Å². The summed E-state index contributed by atoms with van der Waals surface area (Å²) in [6.07, 6.45) is -9.96. The van der Waals surface area contributed by atoms with Gasteiger partial charge < -0.3 is 5.32 Å². The van der Waals surface area contributed by atoms with Crippen molar-refractivity contribution in [1.82, 2.24) is 0 Å². The highest BCUT2D eigenvalue weighted by Crippen LogP contribution is 2.37. The van der Waals surface area contributed by atoms with E-state index in [1.54, 1.807) is 24.3 Å². The number of nitriles is 1. The van der Waals surface area contributed by atoms with E-state index in [0.717, 1.165) is 17.3 Å². The number of amides is 1. The molecule has 148 valence electrons. The molecule has 0 aliphatic rings. The van der Waals surface area contributed by atoms with Crippen LogP contribution in [0.25, 0.3) is 0 Å². The lowest BCUT2D eigenvalue weighted by Crippen LogP contribution is -2.17. The fourth-order valence-electron chi connectivity index (χ4n) is 2.16. The predicted molar refractivity (Wildman–Crippen MR) is 92.4 cm³/mol. The first-order chi connectivity index (χ1) is 13.0. The van der Waals surface area contributed by atoms with Gasteiger partial charge in [0.25, 0.3) is 0 Å². The molecule has 0 radical (unpaired) electrons. The Bertz CT molecular complexity index is 853. The zero-order chi connectivity index (χ0) is 20.9. The summed E-state index contributed by atoms with van der Waals surface area (Å²) in [5, 5.41) is 10.8. The molecule has 0 unspecified atom stereocenters. The van der Waals surface area contributed by atoms with E-state index in [9.17, 15) is 31.1 Å². The van der Waals surface area contributed by atoms with Crippen molar-refractivity contribution < 1.29 is 31.1 Å². The minimum atomic E-state index is -4.98. The molecule has 1 N–H and O–H groups in total. The third kappa shape index (κ3) is 6.20. The molecule has 2 aromatic rings. The van der Waals surface area contributed by atoms with Crippen molar-refractivity contribution in [2.45, 2.75) is 18.1 Å². The number of rotatable bonds is 5. The minimum absolute atomic E-state index is 0.00466. The maximum Gasteiger partial charge on any atom is 0.416 e. The Kier molecular flexibility index (Phi) is 6.61. The lowest BCUT2D eigenvalue weighted by atomic mass is 10.1. The molecule has 0 aromatic heterocycles. The van der Waals surface area contributed by atoms with Gasteiger partial charge in [-0.15, -0.1) is 11.8 Å². The van der Waals surface area contributed by atoms with Gasteiger partial charge in [0.1, 0.15) is 0 Å². The standard InChI is InChI=1S/C18H12F6N2OS/c19-17(20,21)13-5-14(18(22,23)24)7-15(6-13)26-16(27)10-28-9-12-3-1-11(8-25)2-4-12/h1-7H,9-10H2,(H,26,27). The molecule has 2 rings (SSSR count). The number of halogens is 6. The fraction of sp³-hybridized carbons (Fsp3) is 0.222. The first-order valence-electron chi connectivity index (χ1n) is 7.65. The van der Waals surface area contributed by atoms with Gasteiger partial charge in [-0.25, -0.2) is 0 Å². The summed E-state index contributed by atoms with van der Waals surface area (Å²) in [5.41, 5.74) is -2.29. The first kappa shape index (κ1) is 21.6. The van der Waals surface area contributed by atoms with E-state index in [1.165, 1.54) is 0 Å². The fourth-order valence-corrected chi connectivity index (χ4v) is 2.95. The van der Waals surface area contributed by atoms with Crippen LogP contribution in [0.15, 0.2) is 42.5 Å². The van der Waals surface area contributed by atoms with E-state index >= 15 is 0 Å². The summed E-state index contributed by atoms with van der Waals surface area (Å²) in [6, 6.07) is 9.43. The Labute approximate surface area is 160 Å². The zero-order valence-corrected chi connectivity index (χ0v) is 14.8. The number of anilines is 1. The Balaban J connectivity index is 2.03. The third-order valence-electron chi connectivity index (χ3n) is 3.46. The normalized spacial score (nSPS) is 11.8. The number of hydrogen-bond donors (Lipinski definition) is 1. The van der Waals surface area contributed by atoms with Gasteiger partial charge in [-0.3, -0.25) is 4.79 Å². The van der Waals surface area contributed by atoms with Gasteiger partial charge in [0.15, 0.2) is 0 Å². The smallest absolute Gasteiger partial charge is 0.325 e. The zero-order valence-electron chi connectivity index (χ0n) is 14.0. The molecule has 0 heterocycles. The van der Waals surface area contributed by atoms with Gasteiger partial charge in [-0.05, 0) is 35.9 Å². The van der Waals surface area contributed by atoms with Crippen LogP contribution in [0.1, 0.15) is 22.3 Å². The SMILES string of the molecule is N#Cc1ccc(CSCC(=O)Nc2cc(C(F)(F)F)cc(C(F)(F)F)c2)cc1. The van der Waals surface area contributed by atoms with Crippen molar-refractivity contribution >= 4 is 23.4 Å². The number of nitrogens with one attached hydrogen (secondary N) is 1. The van der Waals surface area contributed by atoms with Crippen LogP contribution in [0.5, 0.6) is 0 Å². The number of carbonyl (C=O) groups excluding carboxylic acids is 1. The van der Waals surface area contributed by atoms with E-state index in [0.29, 0.717) is 23.4 Å². The molecule has 0 saturated heterocycles. The predicted octanol–water partition coefficient (Wildman–Crippen LogP) is 5.47. The second kappa shape index (κ2) is 8.56. The average Bonchev–Trinajstić information content (AvgIpc) is 2.60. The maximum atomic E-state index is 12.8. The highest BCUT2D eigenvalue weighted by atomic mass is 32.2. The number of nitrogens with zero attached hydrogens (tertiary/aromatic N) is 1. The van der Waals surface area contributed by atoms with Crippen molar-refractivity contribution in [3.63, 3.8) is 0 Å². The highest BCUT2D eigenvalue weighted by molar-refractivity contribution is 7.99. The Morgan fingerprint density at radius 1 is 0.964 bits per heavy atom. The average molecular weight is 418 g/mol. The molecular weight excluding hydrogens is 406 g/mol. The molecule has 0 aliphatic heterocycles. The Hall–Kier alpha value is -2.67. The molecule has 0 fully saturated rings. The summed E-state index contributed by atoms with van der Waals surface area (Å²) in [7, 11) is 0. The van der Waals surface area contributed by atoms with Gasteiger partial charge in [-0.1, -0.05) is 12.1 Å². The number of alkyl halides is 6. The number of carbonyl (C=O) groups is 1. The molecule has 3 nitrogen and oxygen atoms in total. The van der Waals surface area contributed by atoms with E-state index in [1.807, 2.05) is 6.07 Å². The van der Waals surface area contributed by atoms with Gasteiger partial charge in [0.2, 0.25) is 5.91 Å². The maximum absolute atomic E-state index is 12.8. The molecule has 1 amide bonds. The first-order valence-corrected chi connectivity index (χ1v) is 8.80. The lowest BCUT2D eigenvalue weighted by Gasteiger charge is -2.14. The molecule has 0 aliphatic carbocycles. The van der Waals surface area contributed by atoms with E-state index in [4.69, 9.17) is 5.26 Å². The summed E-state index contributed by atoms with van der Waals surface area (Å²) < 4.78 is 76.9. The van der Waals surface area contributed by atoms with Gasteiger partial charge in [0, 0.05) is 11.4 Å². The van der Waals surface area contributed by atoms with Gasteiger partial charge in [0.05, 0.1) is 28.5 Å². The van der Waals surface area contributed by atoms with Crippen LogP contribution in [-0.4, -0.2) is 11.7 Å². The molecule has 0 saturated carbocycles. The van der Waals surface area contributed by atoms with E-state index in [-0.39, 0.29) is 11.8 Å². The molecule has 0 bridgehead atoms. The van der Waals surface area contributed by atoms with Gasteiger partial charge in [-0.2, -0.15) is 31.6 Å². The van der Waals surface area contributed by atoms with Crippen LogP contribution in [0.3, 0.4) is 0 Å². The van der Waals surface area contributed by atoms with Crippen molar-refractivity contribution in [2.24, 2.45) is 0 Å². The highest BCUT2D eigenvalue weighted by Gasteiger charge is 2.37. The summed E-state index contributed by atoms with van der Waals surface area (Å²) in [6.45, 7) is 0. The van der Waals surface area contributed by atoms with E-state index < -0.39 is 35.1 Å². The van der Waals surface area contributed by atoms with Gasteiger partial charge >= 0.3 is 12.4 Å². The number of hydrogen-bond acceptors (Lipinski definition) is 3. The third-order valence-corrected chi connectivity index (χ3v) is 4.46. The van der Waals surface area contributed by atoms with Crippen molar-refractivity contribution in [1.29, 1.82) is 5.26 Å². The van der Waals surface area contributed by atoms with Crippen LogP contribution in [0.4, 0.5) is 32.0 Å². The minimum Gasteiger partial charge on any atom is -0.325 e. The van der Waals surface area contributed by atoms with Crippen LogP contribution in [0.2, 0.25) is 0 Å². The summed E-state index contributed by atoms with van der Waals surface area (Å²) in [4.78, 5) is 11.9. The van der Waals surface area contributed by atoms with Crippen LogP contribution in [-0.2, 0) is 22.9 Å². The van der Waals surface area contributed by atoms with Crippen LogP contribution < -0.4 is 5.32 Å². The van der Waals surface area contributed by atoms with Crippen molar-refractivity contribution in [3.8, 4) is 6.07 Å². The van der Waals surface area contributed by atoms with E-state index in [2.05, 4.69) is 5.32 Å². The van der Waals surface area contributed by atoms with Crippen molar-refractivity contribution in [2.75, 3.05) is 11.1 Å². The Morgan fingerprint density at radius 2 is 1.50 bits per heavy atom. The second-order valence-corrected chi connectivity index (χ2v) is 6.63. The summed E-state index contributed by atoms with van der Waals surface area (Å²) in [5.74, 6) is -0.515. The molecule has 28 heavy (non-hydrogen) atoms.